The molecule has 0 aliphatic heterocycles. The van der Waals surface area contributed by atoms with Gasteiger partial charge in [-0.25, -0.2) is 4.79 Å². The summed E-state index contributed by atoms with van der Waals surface area (Å²) in [7, 11) is -3.61. The van der Waals surface area contributed by atoms with Gasteiger partial charge in [0.15, 0.2) is 0 Å². The van der Waals surface area contributed by atoms with E-state index in [4.69, 9.17) is 14.7 Å². The summed E-state index contributed by atoms with van der Waals surface area (Å²) in [5, 5.41) is 0. The zero-order valence-corrected chi connectivity index (χ0v) is 13.4. The molecule has 0 aliphatic rings. The predicted octanol–water partition coefficient (Wildman–Crippen LogP) is 1.62. The third-order valence-electron chi connectivity index (χ3n) is 2.42. The van der Waals surface area contributed by atoms with Gasteiger partial charge < -0.3 is 10.5 Å². The summed E-state index contributed by atoms with van der Waals surface area (Å²) in [6.07, 6.45) is 0.192. The molecule has 0 aliphatic carbocycles. The first kappa shape index (κ1) is 17.6. The number of hydrogen-bond donors (Lipinski definition) is 1. The first-order valence-corrected chi connectivity index (χ1v) is 8.25. The average molecular weight is 315 g/mol. The molecule has 0 heterocycles. The molecular formula is C14H21NO5S. The van der Waals surface area contributed by atoms with E-state index in [0.29, 0.717) is 11.1 Å². The highest BCUT2D eigenvalue weighted by molar-refractivity contribution is 7.86. The molecule has 0 spiro atoms. The van der Waals surface area contributed by atoms with E-state index in [1.54, 1.807) is 45.0 Å². The van der Waals surface area contributed by atoms with E-state index in [0.717, 1.165) is 6.26 Å². The molecule has 0 radical (unpaired) electrons. The van der Waals surface area contributed by atoms with Crippen molar-refractivity contribution in [1.82, 2.24) is 0 Å². The van der Waals surface area contributed by atoms with Crippen molar-refractivity contribution in [3.63, 3.8) is 0 Å². The normalized spacial score (nSPS) is 13.8. The van der Waals surface area contributed by atoms with Gasteiger partial charge in [-0.2, -0.15) is 8.42 Å². The van der Waals surface area contributed by atoms with E-state index in [1.807, 2.05) is 0 Å². The van der Waals surface area contributed by atoms with Gasteiger partial charge >= 0.3 is 5.97 Å². The fourth-order valence-corrected chi connectivity index (χ4v) is 2.22. The summed E-state index contributed by atoms with van der Waals surface area (Å²) in [6, 6.07) is 6.30. The van der Waals surface area contributed by atoms with Crippen LogP contribution in [-0.2, 0) is 19.0 Å². The van der Waals surface area contributed by atoms with Crippen LogP contribution in [-0.4, -0.2) is 32.8 Å². The maximum Gasteiger partial charge on any atom is 0.338 e. The summed E-state index contributed by atoms with van der Waals surface area (Å²) in [6.45, 7) is 5.36. The molecule has 0 saturated heterocycles. The maximum atomic E-state index is 11.9. The van der Waals surface area contributed by atoms with Gasteiger partial charge in [-0.3, -0.25) is 4.18 Å². The van der Waals surface area contributed by atoms with E-state index in [2.05, 4.69) is 0 Å². The molecule has 1 rings (SSSR count). The monoisotopic (exact) mass is 315 g/mol. The molecule has 1 atom stereocenters. The minimum Gasteiger partial charge on any atom is -0.456 e. The molecule has 0 amide bonds. The van der Waals surface area contributed by atoms with Crippen molar-refractivity contribution in [2.45, 2.75) is 32.5 Å². The number of rotatable bonds is 5. The highest BCUT2D eigenvalue weighted by Gasteiger charge is 2.19. The Bertz CT molecular complexity index is 587. The van der Waals surface area contributed by atoms with Crippen molar-refractivity contribution in [2.24, 2.45) is 5.73 Å². The van der Waals surface area contributed by atoms with Gasteiger partial charge in [0.05, 0.1) is 11.8 Å². The number of hydrogen-bond acceptors (Lipinski definition) is 6. The summed E-state index contributed by atoms with van der Waals surface area (Å²) in [5.41, 5.74) is 5.89. The molecule has 2 N–H and O–H groups in total. The lowest BCUT2D eigenvalue weighted by molar-refractivity contribution is 0.00694. The number of ether oxygens (including phenoxy) is 1. The van der Waals surface area contributed by atoms with Crippen LogP contribution < -0.4 is 5.73 Å². The van der Waals surface area contributed by atoms with Crippen molar-refractivity contribution in [3.05, 3.63) is 35.4 Å². The van der Waals surface area contributed by atoms with E-state index < -0.39 is 27.8 Å². The minimum absolute atomic E-state index is 0.0128. The lowest BCUT2D eigenvalue weighted by atomic mass is 10.1. The Kier molecular flexibility index (Phi) is 5.49. The van der Waals surface area contributed by atoms with Gasteiger partial charge in [0.1, 0.15) is 11.7 Å². The molecule has 21 heavy (non-hydrogen) atoms. The van der Waals surface area contributed by atoms with Crippen molar-refractivity contribution < 1.29 is 22.1 Å². The second-order valence-electron chi connectivity index (χ2n) is 5.65. The first-order chi connectivity index (χ1) is 9.52. The lowest BCUT2D eigenvalue weighted by Gasteiger charge is -2.20. The molecule has 1 aromatic carbocycles. The van der Waals surface area contributed by atoms with Crippen LogP contribution in [0.3, 0.4) is 0 Å². The highest BCUT2D eigenvalue weighted by atomic mass is 32.2. The maximum absolute atomic E-state index is 11.9. The first-order valence-electron chi connectivity index (χ1n) is 6.43. The molecular weight excluding hydrogens is 294 g/mol. The van der Waals surface area contributed by atoms with E-state index >= 15 is 0 Å². The largest absolute Gasteiger partial charge is 0.456 e. The zero-order valence-electron chi connectivity index (χ0n) is 12.6. The van der Waals surface area contributed by atoms with Crippen LogP contribution in [0.25, 0.3) is 0 Å². The highest BCUT2D eigenvalue weighted by Crippen LogP contribution is 2.20. The quantitative estimate of drug-likeness (QED) is 0.655. The Morgan fingerprint density at radius 2 is 1.76 bits per heavy atom. The second kappa shape index (κ2) is 6.55. The molecule has 0 bridgehead atoms. The third kappa shape index (κ3) is 6.24. The van der Waals surface area contributed by atoms with Gasteiger partial charge in [-0.05, 0) is 38.5 Å². The van der Waals surface area contributed by atoms with Crippen LogP contribution in [0.5, 0.6) is 0 Å². The van der Waals surface area contributed by atoms with Crippen LogP contribution >= 0.6 is 0 Å². The van der Waals surface area contributed by atoms with Crippen LogP contribution in [0.4, 0.5) is 0 Å². The smallest absolute Gasteiger partial charge is 0.338 e. The van der Waals surface area contributed by atoms with Gasteiger partial charge in [0, 0.05) is 6.54 Å². The lowest BCUT2D eigenvalue weighted by Crippen LogP contribution is -2.24. The molecule has 1 unspecified atom stereocenters. The summed E-state index contributed by atoms with van der Waals surface area (Å²) in [5.74, 6) is -0.442. The van der Waals surface area contributed by atoms with Crippen molar-refractivity contribution >= 4 is 16.1 Å². The number of benzene rings is 1. The van der Waals surface area contributed by atoms with E-state index in [-0.39, 0.29) is 6.54 Å². The SMILES string of the molecule is CC(C)(C)OC(=O)c1ccc(C(CN)OS(C)(=O)=O)cc1. The number of carbonyl (C=O) groups excluding carboxylic acids is 1. The Hall–Kier alpha value is -1.44. The fourth-order valence-electron chi connectivity index (χ4n) is 1.61. The van der Waals surface area contributed by atoms with Gasteiger partial charge in [-0.15, -0.1) is 0 Å². The van der Waals surface area contributed by atoms with Crippen LogP contribution in [0.15, 0.2) is 24.3 Å². The van der Waals surface area contributed by atoms with Crippen LogP contribution in [0.1, 0.15) is 42.8 Å². The van der Waals surface area contributed by atoms with Gasteiger partial charge in [0.25, 0.3) is 10.1 Å². The minimum atomic E-state index is -3.61. The van der Waals surface area contributed by atoms with Crippen LogP contribution in [0.2, 0.25) is 0 Å². The van der Waals surface area contributed by atoms with E-state index in [9.17, 15) is 13.2 Å². The topological polar surface area (TPSA) is 95.7 Å². The van der Waals surface area contributed by atoms with Crippen molar-refractivity contribution in [1.29, 1.82) is 0 Å². The average Bonchev–Trinajstić information content (AvgIpc) is 2.33. The Balaban J connectivity index is 2.88. The van der Waals surface area contributed by atoms with Gasteiger partial charge in [0.2, 0.25) is 0 Å². The molecule has 118 valence electrons. The molecule has 0 saturated carbocycles. The standard InChI is InChI=1S/C14H21NO5S/c1-14(2,3)19-13(16)11-7-5-10(6-8-11)12(9-15)20-21(4,17)18/h5-8,12H,9,15H2,1-4H3. The molecule has 7 heteroatoms. The summed E-state index contributed by atoms with van der Waals surface area (Å²) < 4.78 is 32.4. The molecule has 6 nitrogen and oxygen atoms in total. The third-order valence-corrected chi connectivity index (χ3v) is 3.00. The Morgan fingerprint density at radius 1 is 1.24 bits per heavy atom. The van der Waals surface area contributed by atoms with Crippen LogP contribution in [0, 0.1) is 0 Å². The molecule has 1 aromatic rings. The Labute approximate surface area is 125 Å². The molecule has 0 aromatic heterocycles. The summed E-state index contributed by atoms with van der Waals surface area (Å²) in [4.78, 5) is 11.9. The molecule has 0 fully saturated rings. The zero-order chi connectivity index (χ0) is 16.3. The predicted molar refractivity (Wildman–Crippen MR) is 79.3 cm³/mol. The van der Waals surface area contributed by atoms with E-state index in [1.165, 1.54) is 0 Å². The summed E-state index contributed by atoms with van der Waals surface area (Å²) >= 11 is 0. The van der Waals surface area contributed by atoms with Crippen molar-refractivity contribution in [3.8, 4) is 0 Å². The van der Waals surface area contributed by atoms with Gasteiger partial charge in [-0.1, -0.05) is 12.1 Å². The number of carbonyl (C=O) groups is 1. The number of esters is 1. The van der Waals surface area contributed by atoms with Crippen molar-refractivity contribution in [2.75, 3.05) is 12.8 Å². The fraction of sp³-hybridized carbons (Fsp3) is 0.500. The number of nitrogens with two attached hydrogens (primary N) is 1. The Morgan fingerprint density at radius 3 is 2.14 bits per heavy atom. The second-order valence-corrected chi connectivity index (χ2v) is 7.25.